The van der Waals surface area contributed by atoms with Gasteiger partial charge in [0.1, 0.15) is 11.5 Å². The summed E-state index contributed by atoms with van der Waals surface area (Å²) < 4.78 is 33.7. The third kappa shape index (κ3) is 7.47. The van der Waals surface area contributed by atoms with Crippen molar-refractivity contribution in [2.45, 2.75) is 61.5 Å². The smallest absolute Gasteiger partial charge is 0.246 e. The van der Waals surface area contributed by atoms with Gasteiger partial charge in [0.05, 0.1) is 16.7 Å². The summed E-state index contributed by atoms with van der Waals surface area (Å²) in [4.78, 5) is 14.8. The summed E-state index contributed by atoms with van der Waals surface area (Å²) in [7, 11) is 0.295. The Morgan fingerprint density at radius 3 is 2.31 bits per heavy atom. The first-order chi connectivity index (χ1) is 18.6. The maximum Gasteiger partial charge on any atom is 0.246 e. The van der Waals surface area contributed by atoms with Crippen LogP contribution >= 0.6 is 34.8 Å². The third-order valence-electron chi connectivity index (χ3n) is 7.68. The molecular formula is C28H36Cl3N3O4S. The van der Waals surface area contributed by atoms with Gasteiger partial charge >= 0.3 is 0 Å². The molecule has 2 atom stereocenters. The number of amides is 1. The Hall–Kier alpha value is -1.39. The Balaban J connectivity index is 1.25. The molecule has 1 heterocycles. The Bertz CT molecular complexity index is 1210. The van der Waals surface area contributed by atoms with E-state index in [0.29, 0.717) is 31.3 Å². The van der Waals surface area contributed by atoms with Crippen molar-refractivity contribution in [3.63, 3.8) is 0 Å². The van der Waals surface area contributed by atoms with Gasteiger partial charge in [-0.3, -0.25) is 4.79 Å². The van der Waals surface area contributed by atoms with E-state index in [0.717, 1.165) is 25.7 Å². The molecule has 1 saturated carbocycles. The minimum absolute atomic E-state index is 0.0196. The zero-order valence-electron chi connectivity index (χ0n) is 22.3. The van der Waals surface area contributed by atoms with Crippen LogP contribution in [0, 0.1) is 5.92 Å². The van der Waals surface area contributed by atoms with Gasteiger partial charge in [0.2, 0.25) is 15.9 Å². The molecule has 0 spiro atoms. The molecule has 2 aromatic rings. The van der Waals surface area contributed by atoms with Crippen LogP contribution in [-0.4, -0.2) is 69.5 Å². The molecule has 4 rings (SSSR count). The number of hydrogen-bond donors (Lipinski definition) is 1. The molecule has 0 aromatic heterocycles. The van der Waals surface area contributed by atoms with Crippen LogP contribution in [0.5, 0.6) is 0 Å². The van der Waals surface area contributed by atoms with Crippen LogP contribution in [0.3, 0.4) is 0 Å². The van der Waals surface area contributed by atoms with Gasteiger partial charge < -0.3 is 15.0 Å². The van der Waals surface area contributed by atoms with E-state index >= 15 is 0 Å². The molecule has 0 bridgehead atoms. The van der Waals surface area contributed by atoms with E-state index in [1.54, 1.807) is 0 Å². The third-order valence-corrected chi connectivity index (χ3v) is 10.8. The number of nitrogens with one attached hydrogen (secondary N) is 1. The van der Waals surface area contributed by atoms with Crippen LogP contribution in [0.15, 0.2) is 47.4 Å². The van der Waals surface area contributed by atoms with E-state index in [1.807, 2.05) is 6.07 Å². The molecule has 11 heteroatoms. The summed E-state index contributed by atoms with van der Waals surface area (Å²) in [6.07, 6.45) is 5.22. The lowest BCUT2D eigenvalue weighted by molar-refractivity contribution is -0.127. The molecule has 0 radical (unpaired) electrons. The highest BCUT2D eigenvalue weighted by Gasteiger charge is 2.38. The van der Waals surface area contributed by atoms with Crippen LogP contribution in [0.4, 0.5) is 0 Å². The van der Waals surface area contributed by atoms with Crippen molar-refractivity contribution in [2.24, 2.45) is 5.92 Å². The van der Waals surface area contributed by atoms with Crippen molar-refractivity contribution in [2.75, 3.05) is 33.9 Å². The quantitative estimate of drug-likeness (QED) is 0.365. The van der Waals surface area contributed by atoms with Crippen LogP contribution in [-0.2, 0) is 19.6 Å². The van der Waals surface area contributed by atoms with Gasteiger partial charge in [0, 0.05) is 29.7 Å². The number of halogens is 3. The molecule has 2 fully saturated rings. The first-order valence-electron chi connectivity index (χ1n) is 13.3. The fourth-order valence-electron chi connectivity index (χ4n) is 5.96. The van der Waals surface area contributed by atoms with E-state index in [4.69, 9.17) is 39.5 Å². The number of carbonyl (C=O) groups is 1. The Morgan fingerprint density at radius 2 is 1.69 bits per heavy atom. The number of nitrogens with zero attached hydrogens (tertiary/aromatic N) is 2. The van der Waals surface area contributed by atoms with Crippen molar-refractivity contribution >= 4 is 50.7 Å². The topological polar surface area (TPSA) is 79.0 Å². The zero-order chi connectivity index (χ0) is 28.2. The van der Waals surface area contributed by atoms with Crippen molar-refractivity contribution in [3.05, 3.63) is 63.1 Å². The zero-order valence-corrected chi connectivity index (χ0v) is 25.4. The highest BCUT2D eigenvalue weighted by molar-refractivity contribution is 7.89. The van der Waals surface area contributed by atoms with Crippen LogP contribution in [0.25, 0.3) is 0 Å². The van der Waals surface area contributed by atoms with Crippen LogP contribution in [0.1, 0.15) is 50.1 Å². The number of rotatable bonds is 10. The highest BCUT2D eigenvalue weighted by atomic mass is 35.5. The normalized spacial score (nSPS) is 23.2. The van der Waals surface area contributed by atoms with Gasteiger partial charge in [-0.25, -0.2) is 8.42 Å². The summed E-state index contributed by atoms with van der Waals surface area (Å²) in [5.41, 5.74) is 1.33. The molecule has 39 heavy (non-hydrogen) atoms. The van der Waals surface area contributed by atoms with Crippen LogP contribution in [0.2, 0.25) is 15.1 Å². The SMILES string of the molecule is CN(C)C(c1ccccc1)C1CCC(NC(=O)COCC2CCCN2S(=O)(=O)c2c(Cl)cc(Cl)cc2Cl)CC1. The Kier molecular flexibility index (Phi) is 10.6. The molecular weight excluding hydrogens is 581 g/mol. The van der Waals surface area contributed by atoms with Crippen molar-refractivity contribution in [3.8, 4) is 0 Å². The maximum absolute atomic E-state index is 13.3. The minimum Gasteiger partial charge on any atom is -0.370 e. The van der Waals surface area contributed by atoms with Gasteiger partial charge in [0.15, 0.2) is 0 Å². The first kappa shape index (κ1) is 30.6. The second kappa shape index (κ2) is 13.5. The largest absolute Gasteiger partial charge is 0.370 e. The van der Waals surface area contributed by atoms with E-state index in [9.17, 15) is 13.2 Å². The number of hydrogen-bond acceptors (Lipinski definition) is 5. The average molecular weight is 617 g/mol. The number of benzene rings is 2. The second-order valence-electron chi connectivity index (χ2n) is 10.6. The molecule has 1 N–H and O–H groups in total. The highest BCUT2D eigenvalue weighted by Crippen LogP contribution is 2.38. The van der Waals surface area contributed by atoms with Gasteiger partial charge in [-0.2, -0.15) is 4.31 Å². The molecule has 7 nitrogen and oxygen atoms in total. The van der Waals surface area contributed by atoms with Gasteiger partial charge in [0.25, 0.3) is 0 Å². The Labute approximate surface area is 246 Å². The predicted octanol–water partition coefficient (Wildman–Crippen LogP) is 5.79. The van der Waals surface area contributed by atoms with E-state index in [-0.39, 0.29) is 45.1 Å². The molecule has 1 aliphatic heterocycles. The molecule has 1 amide bonds. The van der Waals surface area contributed by atoms with E-state index in [1.165, 1.54) is 22.0 Å². The summed E-state index contributed by atoms with van der Waals surface area (Å²) in [6.45, 7) is 0.332. The Morgan fingerprint density at radius 1 is 1.05 bits per heavy atom. The fourth-order valence-corrected chi connectivity index (χ4v) is 9.14. The van der Waals surface area contributed by atoms with Crippen molar-refractivity contribution < 1.29 is 17.9 Å². The number of sulfonamides is 1. The van der Waals surface area contributed by atoms with Crippen molar-refractivity contribution in [1.82, 2.24) is 14.5 Å². The standard InChI is InChI=1S/C28H36Cl3N3O4S/c1-33(2)27(19-7-4-3-5-8-19)20-10-12-22(13-11-20)32-26(35)18-38-17-23-9-6-14-34(23)39(36,37)28-24(30)15-21(29)16-25(28)31/h3-5,7-8,15-16,20,22-23,27H,6,9-14,17-18H2,1-2H3,(H,32,35). The first-order valence-corrected chi connectivity index (χ1v) is 15.9. The van der Waals surface area contributed by atoms with E-state index in [2.05, 4.69) is 48.6 Å². The lowest BCUT2D eigenvalue weighted by atomic mass is 9.78. The van der Waals surface area contributed by atoms with Crippen LogP contribution < -0.4 is 5.32 Å². The van der Waals surface area contributed by atoms with Crippen molar-refractivity contribution in [1.29, 1.82) is 0 Å². The molecule has 2 aromatic carbocycles. The summed E-state index contributed by atoms with van der Waals surface area (Å²) in [6, 6.07) is 13.4. The summed E-state index contributed by atoms with van der Waals surface area (Å²) in [5.74, 6) is 0.353. The van der Waals surface area contributed by atoms with E-state index < -0.39 is 16.1 Å². The minimum atomic E-state index is -3.95. The summed E-state index contributed by atoms with van der Waals surface area (Å²) in [5, 5.41) is 3.33. The second-order valence-corrected chi connectivity index (χ2v) is 13.7. The van der Waals surface area contributed by atoms with Gasteiger partial charge in [-0.1, -0.05) is 65.1 Å². The van der Waals surface area contributed by atoms with Gasteiger partial charge in [-0.05, 0) is 76.2 Å². The monoisotopic (exact) mass is 615 g/mol. The molecule has 214 valence electrons. The molecule has 2 aliphatic rings. The number of carbonyl (C=O) groups excluding carboxylic acids is 1. The molecule has 2 unspecified atom stereocenters. The fraction of sp³-hybridized carbons (Fsp3) is 0.536. The average Bonchev–Trinajstić information content (AvgIpc) is 3.34. The molecule has 1 saturated heterocycles. The molecule has 1 aliphatic carbocycles. The maximum atomic E-state index is 13.3. The summed E-state index contributed by atoms with van der Waals surface area (Å²) >= 11 is 18.3. The van der Waals surface area contributed by atoms with Gasteiger partial charge in [-0.15, -0.1) is 0 Å². The lowest BCUT2D eigenvalue weighted by Crippen LogP contribution is -2.42. The predicted molar refractivity (Wildman–Crippen MR) is 156 cm³/mol. The number of ether oxygens (including phenoxy) is 1. The lowest BCUT2D eigenvalue weighted by Gasteiger charge is -2.37.